The van der Waals surface area contributed by atoms with E-state index in [1.165, 1.54) is 0 Å². The Hall–Kier alpha value is -1.14. The van der Waals surface area contributed by atoms with Crippen molar-refractivity contribution in [3.05, 3.63) is 34.9 Å². The Morgan fingerprint density at radius 2 is 2.09 bits per heavy atom. The van der Waals surface area contributed by atoms with Gasteiger partial charge < -0.3 is 15.4 Å². The number of halogens is 1. The molecule has 22 heavy (non-hydrogen) atoms. The maximum absolute atomic E-state index is 12.1. The van der Waals surface area contributed by atoms with Crippen LogP contribution >= 0.6 is 11.6 Å². The van der Waals surface area contributed by atoms with Crippen LogP contribution in [-0.4, -0.2) is 56.7 Å². The molecule has 0 aliphatic carbocycles. The van der Waals surface area contributed by atoms with Crippen LogP contribution in [0.15, 0.2) is 24.3 Å². The van der Waals surface area contributed by atoms with Gasteiger partial charge in [0.2, 0.25) is 5.91 Å². The highest BCUT2D eigenvalue weighted by atomic mass is 35.5. The topological polar surface area (TPSA) is 53.6 Å². The number of carbonyl (C=O) groups excluding carboxylic acids is 1. The Kier molecular flexibility index (Phi) is 5.31. The first-order chi connectivity index (χ1) is 10.8. The largest absolute Gasteiger partial charge is 0.379 e. The quantitative estimate of drug-likeness (QED) is 0.850. The smallest absolute Gasteiger partial charge is 0.225 e. The zero-order valence-corrected chi connectivity index (χ0v) is 13.3. The van der Waals surface area contributed by atoms with E-state index in [4.69, 9.17) is 16.3 Å². The van der Waals surface area contributed by atoms with Crippen LogP contribution in [0.2, 0.25) is 5.02 Å². The van der Waals surface area contributed by atoms with Gasteiger partial charge in [-0.3, -0.25) is 9.69 Å². The van der Waals surface area contributed by atoms with Crippen LogP contribution in [0.4, 0.5) is 0 Å². The second-order valence-corrected chi connectivity index (χ2v) is 6.19. The van der Waals surface area contributed by atoms with E-state index in [1.54, 1.807) is 0 Å². The van der Waals surface area contributed by atoms with Crippen molar-refractivity contribution in [1.82, 2.24) is 15.5 Å². The number of carbonyl (C=O) groups is 1. The maximum atomic E-state index is 12.1. The second-order valence-electron chi connectivity index (χ2n) is 5.79. The first kappa shape index (κ1) is 15.7. The van der Waals surface area contributed by atoms with Crippen molar-refractivity contribution in [3.8, 4) is 0 Å². The van der Waals surface area contributed by atoms with Crippen LogP contribution in [0.3, 0.4) is 0 Å². The van der Waals surface area contributed by atoms with E-state index < -0.39 is 0 Å². The van der Waals surface area contributed by atoms with E-state index in [1.807, 2.05) is 24.3 Å². The van der Waals surface area contributed by atoms with Gasteiger partial charge in [0.05, 0.1) is 25.2 Å². The highest BCUT2D eigenvalue weighted by Gasteiger charge is 2.28. The second kappa shape index (κ2) is 7.42. The SMILES string of the molecule is O=C(NCC(c1ccccc1Cl)N1CCOCC1)C1CNC1. The van der Waals surface area contributed by atoms with Crippen LogP contribution < -0.4 is 10.6 Å². The monoisotopic (exact) mass is 323 g/mol. The summed E-state index contributed by atoms with van der Waals surface area (Å²) in [5.41, 5.74) is 1.07. The van der Waals surface area contributed by atoms with Crippen LogP contribution in [0.25, 0.3) is 0 Å². The van der Waals surface area contributed by atoms with Gasteiger partial charge in [-0.15, -0.1) is 0 Å². The van der Waals surface area contributed by atoms with Gasteiger partial charge in [-0.2, -0.15) is 0 Å². The Bertz CT molecular complexity index is 516. The van der Waals surface area contributed by atoms with Crippen molar-refractivity contribution >= 4 is 17.5 Å². The van der Waals surface area contributed by atoms with Crippen LogP contribution in [0.1, 0.15) is 11.6 Å². The molecule has 2 aliphatic rings. The Balaban J connectivity index is 1.70. The van der Waals surface area contributed by atoms with Crippen molar-refractivity contribution in [1.29, 1.82) is 0 Å². The Morgan fingerprint density at radius 1 is 1.36 bits per heavy atom. The molecular weight excluding hydrogens is 302 g/mol. The lowest BCUT2D eigenvalue weighted by molar-refractivity contribution is -0.126. The molecule has 2 N–H and O–H groups in total. The molecule has 2 aliphatic heterocycles. The first-order valence-corrected chi connectivity index (χ1v) is 8.18. The average molecular weight is 324 g/mol. The average Bonchev–Trinajstić information content (AvgIpc) is 2.48. The van der Waals surface area contributed by atoms with Crippen LogP contribution in [0.5, 0.6) is 0 Å². The van der Waals surface area contributed by atoms with Crippen LogP contribution in [0, 0.1) is 5.92 Å². The molecule has 120 valence electrons. The lowest BCUT2D eigenvalue weighted by atomic mass is 10.0. The fourth-order valence-corrected chi connectivity index (χ4v) is 3.15. The maximum Gasteiger partial charge on any atom is 0.225 e. The van der Waals surface area contributed by atoms with Gasteiger partial charge in [-0.1, -0.05) is 29.8 Å². The fraction of sp³-hybridized carbons (Fsp3) is 0.562. The summed E-state index contributed by atoms with van der Waals surface area (Å²) in [7, 11) is 0. The number of morpholine rings is 1. The zero-order valence-electron chi connectivity index (χ0n) is 12.6. The molecule has 0 aromatic heterocycles. The lowest BCUT2D eigenvalue weighted by Gasteiger charge is -2.36. The number of nitrogens with one attached hydrogen (secondary N) is 2. The summed E-state index contributed by atoms with van der Waals surface area (Å²) in [5, 5.41) is 6.96. The van der Waals surface area contributed by atoms with Crippen molar-refractivity contribution in [2.45, 2.75) is 6.04 Å². The fourth-order valence-electron chi connectivity index (χ4n) is 2.89. The molecule has 1 unspecified atom stereocenters. The minimum Gasteiger partial charge on any atom is -0.379 e. The van der Waals surface area contributed by atoms with E-state index in [-0.39, 0.29) is 17.9 Å². The van der Waals surface area contributed by atoms with Gasteiger partial charge in [0.1, 0.15) is 0 Å². The van der Waals surface area contributed by atoms with Crippen molar-refractivity contribution in [3.63, 3.8) is 0 Å². The molecule has 0 bridgehead atoms. The van der Waals surface area contributed by atoms with E-state index in [0.29, 0.717) is 6.54 Å². The summed E-state index contributed by atoms with van der Waals surface area (Å²) in [6, 6.07) is 7.96. The van der Waals surface area contributed by atoms with E-state index in [0.717, 1.165) is 50.0 Å². The molecule has 1 amide bonds. The third-order valence-corrected chi connectivity index (χ3v) is 4.72. The molecule has 1 atom stereocenters. The third-order valence-electron chi connectivity index (χ3n) is 4.37. The number of rotatable bonds is 5. The Morgan fingerprint density at radius 3 is 2.73 bits per heavy atom. The predicted molar refractivity (Wildman–Crippen MR) is 86.0 cm³/mol. The highest BCUT2D eigenvalue weighted by molar-refractivity contribution is 6.31. The van der Waals surface area contributed by atoms with Gasteiger partial charge >= 0.3 is 0 Å². The Labute approximate surface area is 136 Å². The molecular formula is C16H22ClN3O2. The van der Waals surface area contributed by atoms with Crippen molar-refractivity contribution < 1.29 is 9.53 Å². The number of benzene rings is 1. The number of amides is 1. The molecule has 2 saturated heterocycles. The molecule has 1 aromatic carbocycles. The lowest BCUT2D eigenvalue weighted by Crippen LogP contribution is -2.52. The summed E-state index contributed by atoms with van der Waals surface area (Å²) in [4.78, 5) is 14.4. The molecule has 5 nitrogen and oxygen atoms in total. The minimum atomic E-state index is 0.0922. The van der Waals surface area contributed by atoms with Gasteiger partial charge in [-0.05, 0) is 11.6 Å². The first-order valence-electron chi connectivity index (χ1n) is 7.80. The summed E-state index contributed by atoms with van der Waals surface area (Å²) in [6.45, 7) is 5.30. The van der Waals surface area contributed by atoms with Gasteiger partial charge in [0.25, 0.3) is 0 Å². The van der Waals surface area contributed by atoms with Crippen LogP contribution in [-0.2, 0) is 9.53 Å². The molecule has 0 radical (unpaired) electrons. The van der Waals surface area contributed by atoms with Gasteiger partial charge in [0, 0.05) is 37.7 Å². The number of ether oxygens (including phenoxy) is 1. The predicted octanol–water partition coefficient (Wildman–Crippen LogP) is 1.05. The van der Waals surface area contributed by atoms with Crippen molar-refractivity contribution in [2.24, 2.45) is 5.92 Å². The number of hydrogen-bond donors (Lipinski definition) is 2. The summed E-state index contributed by atoms with van der Waals surface area (Å²) < 4.78 is 5.44. The molecule has 3 rings (SSSR count). The van der Waals surface area contributed by atoms with E-state index >= 15 is 0 Å². The van der Waals surface area contributed by atoms with Gasteiger partial charge in [0.15, 0.2) is 0 Å². The third kappa shape index (κ3) is 3.60. The molecule has 2 fully saturated rings. The number of nitrogens with zero attached hydrogens (tertiary/aromatic N) is 1. The number of hydrogen-bond acceptors (Lipinski definition) is 4. The standard InChI is InChI=1S/C16H22ClN3O2/c17-14-4-2-1-3-13(14)15(20-5-7-22-8-6-20)11-19-16(21)12-9-18-10-12/h1-4,12,15,18H,5-11H2,(H,19,21). The molecule has 2 heterocycles. The molecule has 0 saturated carbocycles. The summed E-state index contributed by atoms with van der Waals surface area (Å²) >= 11 is 6.37. The van der Waals surface area contributed by atoms with E-state index in [2.05, 4.69) is 15.5 Å². The normalized spacial score (nSPS) is 21.1. The minimum absolute atomic E-state index is 0.0922. The zero-order chi connectivity index (χ0) is 15.4. The van der Waals surface area contributed by atoms with Gasteiger partial charge in [-0.25, -0.2) is 0 Å². The summed E-state index contributed by atoms with van der Waals surface area (Å²) in [6.07, 6.45) is 0. The van der Waals surface area contributed by atoms with Crippen molar-refractivity contribution in [2.75, 3.05) is 45.9 Å². The van der Waals surface area contributed by atoms with E-state index in [9.17, 15) is 4.79 Å². The molecule has 0 spiro atoms. The highest BCUT2D eigenvalue weighted by Crippen LogP contribution is 2.27. The molecule has 6 heteroatoms. The summed E-state index contributed by atoms with van der Waals surface area (Å²) in [5.74, 6) is 0.237. The molecule has 1 aromatic rings.